The van der Waals surface area contributed by atoms with E-state index >= 15 is 0 Å². The smallest absolute Gasteiger partial charge is 0.302 e. The summed E-state index contributed by atoms with van der Waals surface area (Å²) in [5.41, 5.74) is 2.09. The van der Waals surface area contributed by atoms with Crippen molar-refractivity contribution in [3.8, 4) is 17.4 Å². The van der Waals surface area contributed by atoms with Crippen LogP contribution in [0.2, 0.25) is 0 Å². The Balaban J connectivity index is 1.78. The first kappa shape index (κ1) is 17.5. The molecule has 2 aromatic carbocycles. The number of azo groups is 1. The number of hydrogen-bond acceptors (Lipinski definition) is 5. The van der Waals surface area contributed by atoms with Gasteiger partial charge in [-0.25, -0.2) is 0 Å². The number of nitrogens with zero attached hydrogens (tertiary/aromatic N) is 3. The maximum atomic E-state index is 12.0. The number of methoxy groups -OCH3 is 1. The molecular weight excluding hydrogens is 334 g/mol. The van der Waals surface area contributed by atoms with E-state index in [9.17, 15) is 9.90 Å². The second-order valence-corrected chi connectivity index (χ2v) is 5.79. The molecule has 0 spiro atoms. The zero-order valence-corrected chi connectivity index (χ0v) is 14.8. The summed E-state index contributed by atoms with van der Waals surface area (Å²) in [7, 11) is 3.24. The molecule has 0 aliphatic heterocycles. The minimum absolute atomic E-state index is 0.0483. The van der Waals surface area contributed by atoms with E-state index < -0.39 is 5.91 Å². The molecule has 1 aromatic heterocycles. The van der Waals surface area contributed by atoms with Crippen molar-refractivity contribution in [3.63, 3.8) is 0 Å². The summed E-state index contributed by atoms with van der Waals surface area (Å²) in [4.78, 5) is 12.0. The number of aryl methyl sites for hydroxylation is 2. The molecule has 3 aromatic rings. The van der Waals surface area contributed by atoms with Crippen LogP contribution in [0, 0.1) is 6.92 Å². The molecule has 0 atom stereocenters. The summed E-state index contributed by atoms with van der Waals surface area (Å²) in [6.07, 6.45) is 0. The average Bonchev–Trinajstić information content (AvgIpc) is 2.88. The second kappa shape index (κ2) is 7.26. The standard InChI is InChI=1S/C19H19N3O4/c1-12-8-9-14-13(10-12)18(19(24)22(14)2)21-20-17(23)11-26-16-7-5-4-6-15(16)25-3/h4-10,24H,11H2,1-3H3. The number of ether oxygens (including phenoxy) is 2. The van der Waals surface area contributed by atoms with Crippen molar-refractivity contribution in [3.05, 3.63) is 48.0 Å². The highest BCUT2D eigenvalue weighted by Crippen LogP contribution is 2.38. The van der Waals surface area contributed by atoms with Crippen LogP contribution in [0.15, 0.2) is 52.7 Å². The Labute approximate surface area is 150 Å². The molecule has 0 aliphatic carbocycles. The van der Waals surface area contributed by atoms with E-state index in [1.165, 1.54) is 7.11 Å². The molecule has 0 fully saturated rings. The van der Waals surface area contributed by atoms with Crippen molar-refractivity contribution in [2.75, 3.05) is 13.7 Å². The number of carbonyl (C=O) groups is 1. The molecule has 134 valence electrons. The zero-order valence-electron chi connectivity index (χ0n) is 14.8. The highest BCUT2D eigenvalue weighted by molar-refractivity contribution is 5.95. The molecule has 7 nitrogen and oxygen atoms in total. The summed E-state index contributed by atoms with van der Waals surface area (Å²) < 4.78 is 12.2. The van der Waals surface area contributed by atoms with E-state index in [2.05, 4.69) is 10.2 Å². The normalized spacial score (nSPS) is 11.2. The number of benzene rings is 2. The fourth-order valence-corrected chi connectivity index (χ4v) is 2.64. The van der Waals surface area contributed by atoms with Gasteiger partial charge in [0.15, 0.2) is 23.8 Å². The summed E-state index contributed by atoms with van der Waals surface area (Å²) in [5.74, 6) is 0.356. The van der Waals surface area contributed by atoms with Crippen LogP contribution in [0.3, 0.4) is 0 Å². The topological polar surface area (TPSA) is 85.4 Å². The Hall–Kier alpha value is -3.35. The molecule has 0 radical (unpaired) electrons. The summed E-state index contributed by atoms with van der Waals surface area (Å²) >= 11 is 0. The van der Waals surface area contributed by atoms with Gasteiger partial charge in [-0.3, -0.25) is 4.79 Å². The minimum Gasteiger partial charge on any atom is -0.493 e. The molecule has 0 aliphatic rings. The molecule has 1 N–H and O–H groups in total. The van der Waals surface area contributed by atoms with Gasteiger partial charge in [0.2, 0.25) is 5.88 Å². The van der Waals surface area contributed by atoms with E-state index in [0.29, 0.717) is 11.5 Å². The molecule has 1 heterocycles. The van der Waals surface area contributed by atoms with Gasteiger partial charge in [0, 0.05) is 12.4 Å². The number of aromatic hydroxyl groups is 1. The molecule has 0 saturated heterocycles. The van der Waals surface area contributed by atoms with E-state index in [1.54, 1.807) is 35.9 Å². The first-order valence-electron chi connectivity index (χ1n) is 7.99. The van der Waals surface area contributed by atoms with Crippen molar-refractivity contribution in [2.24, 2.45) is 17.3 Å². The molecule has 3 rings (SSSR count). The summed E-state index contributed by atoms with van der Waals surface area (Å²) in [5, 5.41) is 18.6. The molecule has 26 heavy (non-hydrogen) atoms. The first-order chi connectivity index (χ1) is 12.5. The van der Waals surface area contributed by atoms with Gasteiger partial charge in [-0.15, -0.1) is 10.2 Å². The van der Waals surface area contributed by atoms with Crippen LogP contribution >= 0.6 is 0 Å². The monoisotopic (exact) mass is 353 g/mol. The SMILES string of the molecule is COc1ccccc1OCC(=O)N=Nc1c(O)n(C)c2ccc(C)cc12. The van der Waals surface area contributed by atoms with Gasteiger partial charge in [0.05, 0.1) is 12.6 Å². The Morgan fingerprint density at radius 3 is 2.65 bits per heavy atom. The average molecular weight is 353 g/mol. The van der Waals surface area contributed by atoms with Crippen molar-refractivity contribution >= 4 is 22.5 Å². The van der Waals surface area contributed by atoms with Crippen molar-refractivity contribution < 1.29 is 19.4 Å². The number of hydrogen-bond donors (Lipinski definition) is 1. The lowest BCUT2D eigenvalue weighted by atomic mass is 10.1. The zero-order chi connectivity index (χ0) is 18.7. The Bertz CT molecular complexity index is 992. The largest absolute Gasteiger partial charge is 0.493 e. The summed E-state index contributed by atoms with van der Waals surface area (Å²) in [6.45, 7) is 1.66. The van der Waals surface area contributed by atoms with Gasteiger partial charge in [-0.2, -0.15) is 0 Å². The van der Waals surface area contributed by atoms with Crippen molar-refractivity contribution in [1.82, 2.24) is 4.57 Å². The molecular formula is C19H19N3O4. The molecule has 0 bridgehead atoms. The number of para-hydroxylation sites is 2. The van der Waals surface area contributed by atoms with Crippen LogP contribution in [0.5, 0.6) is 17.4 Å². The van der Waals surface area contributed by atoms with Gasteiger partial charge >= 0.3 is 5.91 Å². The molecule has 1 amide bonds. The van der Waals surface area contributed by atoms with Crippen molar-refractivity contribution in [1.29, 1.82) is 0 Å². The predicted octanol–water partition coefficient (Wildman–Crippen LogP) is 3.89. The third-order valence-corrected chi connectivity index (χ3v) is 3.98. The van der Waals surface area contributed by atoms with Crippen LogP contribution < -0.4 is 9.47 Å². The van der Waals surface area contributed by atoms with Crippen LogP contribution in [-0.2, 0) is 11.8 Å². The number of rotatable bonds is 5. The predicted molar refractivity (Wildman–Crippen MR) is 97.3 cm³/mol. The molecule has 0 saturated carbocycles. The molecule has 0 unspecified atom stereocenters. The Morgan fingerprint density at radius 2 is 1.92 bits per heavy atom. The Morgan fingerprint density at radius 1 is 1.19 bits per heavy atom. The van der Waals surface area contributed by atoms with E-state index in [1.807, 2.05) is 25.1 Å². The lowest BCUT2D eigenvalue weighted by Gasteiger charge is -2.07. The minimum atomic E-state index is -0.569. The van der Waals surface area contributed by atoms with E-state index in [4.69, 9.17) is 9.47 Å². The Kier molecular flexibility index (Phi) is 4.88. The van der Waals surface area contributed by atoms with Gasteiger partial charge in [0.1, 0.15) is 0 Å². The maximum absolute atomic E-state index is 12.0. The van der Waals surface area contributed by atoms with Gasteiger partial charge in [-0.05, 0) is 31.2 Å². The van der Waals surface area contributed by atoms with Crippen LogP contribution in [0.1, 0.15) is 5.56 Å². The van der Waals surface area contributed by atoms with E-state index in [-0.39, 0.29) is 18.2 Å². The number of aromatic nitrogens is 1. The lowest BCUT2D eigenvalue weighted by molar-refractivity contribution is -0.120. The first-order valence-corrected chi connectivity index (χ1v) is 7.99. The van der Waals surface area contributed by atoms with Crippen molar-refractivity contribution in [2.45, 2.75) is 6.92 Å². The maximum Gasteiger partial charge on any atom is 0.302 e. The fraction of sp³-hybridized carbons (Fsp3) is 0.211. The summed E-state index contributed by atoms with van der Waals surface area (Å²) in [6, 6.07) is 12.7. The number of fused-ring (bicyclic) bond motifs is 1. The van der Waals surface area contributed by atoms with Gasteiger partial charge < -0.3 is 19.1 Å². The quantitative estimate of drug-likeness (QED) is 0.705. The van der Waals surface area contributed by atoms with Crippen LogP contribution in [0.25, 0.3) is 10.9 Å². The third kappa shape index (κ3) is 3.37. The van der Waals surface area contributed by atoms with Gasteiger partial charge in [-0.1, -0.05) is 23.8 Å². The van der Waals surface area contributed by atoms with Crippen LogP contribution in [-0.4, -0.2) is 29.3 Å². The molecule has 7 heteroatoms. The number of carbonyl (C=O) groups excluding carboxylic acids is 1. The highest BCUT2D eigenvalue weighted by Gasteiger charge is 2.15. The lowest BCUT2D eigenvalue weighted by Crippen LogP contribution is -2.08. The van der Waals surface area contributed by atoms with Crippen LogP contribution in [0.4, 0.5) is 5.69 Å². The van der Waals surface area contributed by atoms with Gasteiger partial charge in [0.25, 0.3) is 0 Å². The van der Waals surface area contributed by atoms with E-state index in [0.717, 1.165) is 16.5 Å². The number of amides is 1. The highest BCUT2D eigenvalue weighted by atomic mass is 16.5. The second-order valence-electron chi connectivity index (χ2n) is 5.79. The fourth-order valence-electron chi connectivity index (χ4n) is 2.64. The third-order valence-electron chi connectivity index (χ3n) is 3.98.